The zero-order chi connectivity index (χ0) is 46.2. The fourth-order valence-corrected chi connectivity index (χ4v) is 12.5. The largest absolute Gasteiger partial charge is 0.455 e. The highest BCUT2D eigenvalue weighted by Gasteiger charge is 2.46. The van der Waals surface area contributed by atoms with Crippen LogP contribution in [0.3, 0.4) is 0 Å². The summed E-state index contributed by atoms with van der Waals surface area (Å²) in [6.45, 7) is 0. The Kier molecular flexibility index (Phi) is 9.33. The van der Waals surface area contributed by atoms with Gasteiger partial charge in [0.15, 0.2) is 0 Å². The van der Waals surface area contributed by atoms with Crippen LogP contribution >= 0.6 is 11.3 Å². The van der Waals surface area contributed by atoms with Crippen molar-refractivity contribution in [2.24, 2.45) is 0 Å². The van der Waals surface area contributed by atoms with Gasteiger partial charge < -0.3 is 9.32 Å². The summed E-state index contributed by atoms with van der Waals surface area (Å²) in [6.07, 6.45) is 0. The van der Waals surface area contributed by atoms with E-state index in [1.807, 2.05) is 23.5 Å². The van der Waals surface area contributed by atoms with Gasteiger partial charge in [-0.3, -0.25) is 0 Å². The number of anilines is 3. The molecule has 0 saturated carbocycles. The van der Waals surface area contributed by atoms with Crippen molar-refractivity contribution in [1.82, 2.24) is 0 Å². The maximum absolute atomic E-state index is 6.47. The van der Waals surface area contributed by atoms with Crippen molar-refractivity contribution >= 4 is 70.5 Å². The van der Waals surface area contributed by atoms with Crippen LogP contribution in [0.5, 0.6) is 0 Å². The minimum absolute atomic E-state index is 0.471. The van der Waals surface area contributed by atoms with Gasteiger partial charge >= 0.3 is 0 Å². The summed E-state index contributed by atoms with van der Waals surface area (Å²) < 4.78 is 9.10. The average molecular weight is 910 g/mol. The molecule has 1 aliphatic carbocycles. The summed E-state index contributed by atoms with van der Waals surface area (Å²) in [5, 5.41) is 4.90. The van der Waals surface area contributed by atoms with Crippen LogP contribution in [-0.2, 0) is 5.41 Å². The molecule has 0 fully saturated rings. The van der Waals surface area contributed by atoms with Gasteiger partial charge in [0.25, 0.3) is 0 Å². The molecule has 0 aliphatic heterocycles. The smallest absolute Gasteiger partial charge is 0.143 e. The van der Waals surface area contributed by atoms with E-state index >= 15 is 0 Å². The molecule has 14 rings (SSSR count). The third kappa shape index (κ3) is 6.32. The van der Waals surface area contributed by atoms with Gasteiger partial charge in [0.2, 0.25) is 0 Å². The van der Waals surface area contributed by atoms with Crippen LogP contribution in [0.15, 0.2) is 265 Å². The van der Waals surface area contributed by atoms with E-state index in [1.165, 1.54) is 64.7 Å². The van der Waals surface area contributed by atoms with E-state index < -0.39 is 5.41 Å². The van der Waals surface area contributed by atoms with Gasteiger partial charge in [0.05, 0.1) is 5.41 Å². The summed E-state index contributed by atoms with van der Waals surface area (Å²) in [6, 6.07) is 95.5. The molecule has 328 valence electrons. The standard InChI is InChI=1S/C67H43NOS/c1-3-17-49(18-4-1)67(50-19-5-2-6-20-50)61-26-10-7-21-55(61)60-43-53(38-40-62(60)67)68(52-36-31-45(32-37-52)47-33-39-58-57-23-9-12-28-64(57)70-65(58)42-47)51-34-29-44(30-35-51)46-15-13-16-48(41-46)54-24-14-25-59-56-22-8-11-27-63(56)69-66(54)59/h1-43H. The van der Waals surface area contributed by atoms with Crippen molar-refractivity contribution in [2.45, 2.75) is 5.41 Å². The van der Waals surface area contributed by atoms with E-state index in [2.05, 4.69) is 254 Å². The molecule has 0 spiro atoms. The molecular formula is C67H43NOS. The van der Waals surface area contributed by atoms with Crippen LogP contribution in [0.25, 0.3) is 86.6 Å². The van der Waals surface area contributed by atoms with Gasteiger partial charge in [-0.1, -0.05) is 200 Å². The average Bonchev–Trinajstić information content (AvgIpc) is 4.10. The van der Waals surface area contributed by atoms with Crippen LogP contribution in [0.2, 0.25) is 0 Å². The van der Waals surface area contributed by atoms with Crippen LogP contribution in [0.4, 0.5) is 17.1 Å². The highest BCUT2D eigenvalue weighted by atomic mass is 32.1. The molecule has 0 saturated heterocycles. The van der Waals surface area contributed by atoms with Crippen molar-refractivity contribution in [1.29, 1.82) is 0 Å². The highest BCUT2D eigenvalue weighted by molar-refractivity contribution is 7.25. The fourth-order valence-electron chi connectivity index (χ4n) is 11.4. The lowest BCUT2D eigenvalue weighted by atomic mass is 9.68. The lowest BCUT2D eigenvalue weighted by Gasteiger charge is -2.34. The lowest BCUT2D eigenvalue weighted by Crippen LogP contribution is -2.28. The van der Waals surface area contributed by atoms with E-state index in [0.29, 0.717) is 0 Å². The fraction of sp³-hybridized carbons (Fsp3) is 0.0149. The second kappa shape index (κ2) is 16.2. The number of para-hydroxylation sites is 2. The summed E-state index contributed by atoms with van der Waals surface area (Å²) in [5.74, 6) is 0. The molecule has 0 bridgehead atoms. The first-order valence-electron chi connectivity index (χ1n) is 24.0. The molecule has 0 atom stereocenters. The molecule has 0 radical (unpaired) electrons. The Morgan fingerprint density at radius 3 is 1.61 bits per heavy atom. The third-order valence-corrected chi connectivity index (χ3v) is 15.7. The van der Waals surface area contributed by atoms with E-state index in [1.54, 1.807) is 0 Å². The predicted octanol–water partition coefficient (Wildman–Crippen LogP) is 18.8. The Balaban J connectivity index is 0.891. The maximum Gasteiger partial charge on any atom is 0.143 e. The molecule has 0 N–H and O–H groups in total. The molecule has 3 heteroatoms. The third-order valence-electron chi connectivity index (χ3n) is 14.6. The molecule has 13 aromatic rings. The molecule has 0 unspecified atom stereocenters. The Morgan fingerprint density at radius 1 is 0.314 bits per heavy atom. The number of hydrogen-bond donors (Lipinski definition) is 0. The van der Waals surface area contributed by atoms with E-state index in [-0.39, 0.29) is 0 Å². The van der Waals surface area contributed by atoms with Crippen molar-refractivity contribution in [3.8, 4) is 44.5 Å². The second-order valence-electron chi connectivity index (χ2n) is 18.4. The second-order valence-corrected chi connectivity index (χ2v) is 19.4. The molecule has 2 aromatic heterocycles. The Hall–Kier alpha value is -8.76. The molecular weight excluding hydrogens is 867 g/mol. The summed E-state index contributed by atoms with van der Waals surface area (Å²) in [5.41, 5.74) is 19.1. The zero-order valence-electron chi connectivity index (χ0n) is 38.1. The van der Waals surface area contributed by atoms with E-state index in [0.717, 1.165) is 61.3 Å². The van der Waals surface area contributed by atoms with Crippen molar-refractivity contribution in [2.75, 3.05) is 4.90 Å². The topological polar surface area (TPSA) is 16.4 Å². The van der Waals surface area contributed by atoms with Gasteiger partial charge in [-0.2, -0.15) is 0 Å². The van der Waals surface area contributed by atoms with Gasteiger partial charge in [0.1, 0.15) is 11.2 Å². The first kappa shape index (κ1) is 40.3. The maximum atomic E-state index is 6.47. The highest BCUT2D eigenvalue weighted by Crippen LogP contribution is 2.57. The first-order chi connectivity index (χ1) is 34.7. The quantitative estimate of drug-likeness (QED) is 0.151. The number of hydrogen-bond acceptors (Lipinski definition) is 3. The van der Waals surface area contributed by atoms with Crippen molar-refractivity contribution < 1.29 is 4.42 Å². The number of benzene rings is 11. The number of furan rings is 1. The predicted molar refractivity (Wildman–Crippen MR) is 295 cm³/mol. The van der Waals surface area contributed by atoms with Crippen molar-refractivity contribution in [3.05, 3.63) is 283 Å². The number of fused-ring (bicyclic) bond motifs is 9. The minimum atomic E-state index is -0.471. The summed E-state index contributed by atoms with van der Waals surface area (Å²) in [4.78, 5) is 2.41. The Labute approximate surface area is 410 Å². The SMILES string of the molecule is c1ccc(C2(c3ccccc3)c3ccccc3-c3cc(N(c4ccc(-c5cccc(-c6cccc7c6oc6ccccc67)c5)cc4)c4ccc(-c5ccc6c(c5)sc5ccccc56)cc4)ccc32)cc1. The normalized spacial score (nSPS) is 12.7. The zero-order valence-corrected chi connectivity index (χ0v) is 38.9. The molecule has 0 amide bonds. The first-order valence-corrected chi connectivity index (χ1v) is 24.8. The number of rotatable bonds is 8. The Bertz CT molecular complexity index is 4070. The molecule has 70 heavy (non-hydrogen) atoms. The summed E-state index contributed by atoms with van der Waals surface area (Å²) >= 11 is 1.86. The van der Waals surface area contributed by atoms with Gasteiger partial charge in [-0.25, -0.2) is 0 Å². The lowest BCUT2D eigenvalue weighted by molar-refractivity contribution is 0.670. The number of thiophene rings is 1. The van der Waals surface area contributed by atoms with Gasteiger partial charge in [-0.15, -0.1) is 11.3 Å². The van der Waals surface area contributed by atoms with Gasteiger partial charge in [0, 0.05) is 53.6 Å². The van der Waals surface area contributed by atoms with E-state index in [9.17, 15) is 0 Å². The number of nitrogens with zero attached hydrogens (tertiary/aromatic N) is 1. The monoisotopic (exact) mass is 909 g/mol. The van der Waals surface area contributed by atoms with Crippen LogP contribution in [0.1, 0.15) is 22.3 Å². The van der Waals surface area contributed by atoms with Crippen molar-refractivity contribution in [3.63, 3.8) is 0 Å². The van der Waals surface area contributed by atoms with E-state index in [4.69, 9.17) is 4.42 Å². The van der Waals surface area contributed by atoms with Crippen LogP contribution < -0.4 is 4.90 Å². The van der Waals surface area contributed by atoms with Crippen LogP contribution in [0, 0.1) is 0 Å². The Morgan fingerprint density at radius 2 is 0.857 bits per heavy atom. The van der Waals surface area contributed by atoms with Gasteiger partial charge in [-0.05, 0) is 122 Å². The minimum Gasteiger partial charge on any atom is -0.455 e. The molecule has 11 aromatic carbocycles. The molecule has 2 heterocycles. The summed E-state index contributed by atoms with van der Waals surface area (Å²) in [7, 11) is 0. The molecule has 2 nitrogen and oxygen atoms in total. The molecule has 1 aliphatic rings. The van der Waals surface area contributed by atoms with Crippen LogP contribution in [-0.4, -0.2) is 0 Å².